The van der Waals surface area contributed by atoms with E-state index in [1.54, 1.807) is 0 Å². The molecule has 0 aliphatic heterocycles. The summed E-state index contributed by atoms with van der Waals surface area (Å²) < 4.78 is 5.29. The van der Waals surface area contributed by atoms with Crippen LogP contribution in [0, 0.1) is 0 Å². The Morgan fingerprint density at radius 2 is 2.00 bits per heavy atom. The lowest BCUT2D eigenvalue weighted by atomic mass is 9.88. The lowest BCUT2D eigenvalue weighted by molar-refractivity contribution is -0.119. The third-order valence-electron chi connectivity index (χ3n) is 2.28. The zero-order valence-corrected chi connectivity index (χ0v) is 8.12. The van der Waals surface area contributed by atoms with E-state index in [0.29, 0.717) is 18.8 Å². The zero-order valence-electron chi connectivity index (χ0n) is 8.12. The van der Waals surface area contributed by atoms with Gasteiger partial charge in [0, 0.05) is 12.0 Å². The van der Waals surface area contributed by atoms with E-state index in [-0.39, 0.29) is 5.78 Å². The van der Waals surface area contributed by atoms with Gasteiger partial charge in [-0.05, 0) is 12.5 Å². The molecule has 0 atom stereocenters. The summed E-state index contributed by atoms with van der Waals surface area (Å²) in [5.41, 5.74) is 2.13. The Labute approximate surface area is 83.2 Å². The summed E-state index contributed by atoms with van der Waals surface area (Å²) in [5.74, 6) is 0.671. The van der Waals surface area contributed by atoms with Crippen molar-refractivity contribution in [2.24, 2.45) is 0 Å². The van der Waals surface area contributed by atoms with Crippen molar-refractivity contribution in [1.82, 2.24) is 0 Å². The third-order valence-corrected chi connectivity index (χ3v) is 2.28. The predicted octanol–water partition coefficient (Wildman–Crippen LogP) is 2.41. The summed E-state index contributed by atoms with van der Waals surface area (Å²) in [6.07, 6.45) is 0.513. The molecule has 0 bridgehead atoms. The number of benzene rings is 1. The van der Waals surface area contributed by atoms with Crippen LogP contribution in [0.5, 0.6) is 0 Å². The summed E-state index contributed by atoms with van der Waals surface area (Å²) in [6, 6.07) is 9.90. The number of Topliss-reactive ketones (excluding diaryl/α,β-unsaturated/α-hetero) is 1. The highest BCUT2D eigenvalue weighted by Crippen LogP contribution is 2.33. The minimum Gasteiger partial charge on any atom is -0.490 e. The second-order valence-corrected chi connectivity index (χ2v) is 3.21. The first kappa shape index (κ1) is 9.00. The van der Waals surface area contributed by atoms with E-state index in [9.17, 15) is 4.79 Å². The lowest BCUT2D eigenvalue weighted by Gasteiger charge is -2.22. The molecule has 0 spiro atoms. The van der Waals surface area contributed by atoms with E-state index in [1.165, 1.54) is 0 Å². The number of hydrogen-bond donors (Lipinski definition) is 0. The molecule has 0 fully saturated rings. The van der Waals surface area contributed by atoms with Crippen molar-refractivity contribution in [1.29, 1.82) is 0 Å². The van der Waals surface area contributed by atoms with Crippen LogP contribution in [0.15, 0.2) is 36.1 Å². The molecular weight excluding hydrogens is 176 g/mol. The average molecular weight is 188 g/mol. The number of ketones is 1. The third kappa shape index (κ3) is 1.43. The number of allylic oxidation sites excluding steroid dienone is 2. The van der Waals surface area contributed by atoms with Crippen LogP contribution in [0.25, 0.3) is 5.57 Å². The molecule has 1 aromatic rings. The summed E-state index contributed by atoms with van der Waals surface area (Å²) in [5, 5.41) is 0. The van der Waals surface area contributed by atoms with E-state index >= 15 is 0 Å². The summed E-state index contributed by atoms with van der Waals surface area (Å²) in [7, 11) is 0. The monoisotopic (exact) mass is 188 g/mol. The van der Waals surface area contributed by atoms with Gasteiger partial charge in [0.1, 0.15) is 0 Å². The van der Waals surface area contributed by atoms with Crippen LogP contribution in [0.4, 0.5) is 0 Å². The number of hydrogen-bond acceptors (Lipinski definition) is 2. The largest absolute Gasteiger partial charge is 0.490 e. The lowest BCUT2D eigenvalue weighted by Crippen LogP contribution is -2.19. The number of carbonyl (C=O) groups is 1. The molecule has 0 amide bonds. The molecule has 0 radical (unpaired) electrons. The standard InChI is InChI=1S/C12H12O2/c1-2-14-12-10(8-11(12)13)9-6-4-3-5-7-9/h3-7H,2,8H2,1H3. The fraction of sp³-hybridized carbons (Fsp3) is 0.250. The van der Waals surface area contributed by atoms with Crippen LogP contribution in [0.2, 0.25) is 0 Å². The molecule has 1 aliphatic rings. The van der Waals surface area contributed by atoms with Gasteiger partial charge in [-0.1, -0.05) is 30.3 Å². The van der Waals surface area contributed by atoms with Crippen LogP contribution in [0.3, 0.4) is 0 Å². The minimum absolute atomic E-state index is 0.116. The van der Waals surface area contributed by atoms with E-state index in [1.807, 2.05) is 37.3 Å². The Morgan fingerprint density at radius 1 is 1.29 bits per heavy atom. The molecule has 0 heterocycles. The van der Waals surface area contributed by atoms with Gasteiger partial charge in [-0.25, -0.2) is 0 Å². The molecule has 72 valence electrons. The molecule has 0 saturated carbocycles. The second-order valence-electron chi connectivity index (χ2n) is 3.21. The van der Waals surface area contributed by atoms with Crippen molar-refractivity contribution in [2.75, 3.05) is 6.61 Å². The number of rotatable bonds is 3. The maximum absolute atomic E-state index is 11.2. The Bertz CT molecular complexity index is 377. The molecule has 2 heteroatoms. The van der Waals surface area contributed by atoms with Gasteiger partial charge in [0.25, 0.3) is 0 Å². The van der Waals surface area contributed by atoms with Gasteiger partial charge >= 0.3 is 0 Å². The van der Waals surface area contributed by atoms with E-state index in [4.69, 9.17) is 4.74 Å². The van der Waals surface area contributed by atoms with Gasteiger partial charge in [0.15, 0.2) is 5.76 Å². The van der Waals surface area contributed by atoms with Gasteiger partial charge in [-0.15, -0.1) is 0 Å². The highest BCUT2D eigenvalue weighted by Gasteiger charge is 2.29. The first-order valence-corrected chi connectivity index (χ1v) is 4.77. The summed E-state index contributed by atoms with van der Waals surface area (Å²) >= 11 is 0. The molecule has 0 N–H and O–H groups in total. The fourth-order valence-electron chi connectivity index (χ4n) is 1.57. The van der Waals surface area contributed by atoms with E-state index in [0.717, 1.165) is 11.1 Å². The van der Waals surface area contributed by atoms with Crippen molar-refractivity contribution in [2.45, 2.75) is 13.3 Å². The average Bonchev–Trinajstić information content (AvgIpc) is 2.24. The predicted molar refractivity (Wildman–Crippen MR) is 54.6 cm³/mol. The molecule has 2 nitrogen and oxygen atoms in total. The van der Waals surface area contributed by atoms with Crippen molar-refractivity contribution >= 4 is 11.4 Å². The van der Waals surface area contributed by atoms with Gasteiger partial charge < -0.3 is 4.74 Å². The van der Waals surface area contributed by atoms with Gasteiger partial charge in [-0.2, -0.15) is 0 Å². The first-order valence-electron chi connectivity index (χ1n) is 4.77. The summed E-state index contributed by atoms with van der Waals surface area (Å²) in [6.45, 7) is 2.44. The van der Waals surface area contributed by atoms with Crippen LogP contribution in [0.1, 0.15) is 18.9 Å². The van der Waals surface area contributed by atoms with Crippen LogP contribution >= 0.6 is 0 Å². The topological polar surface area (TPSA) is 26.3 Å². The molecule has 0 unspecified atom stereocenters. The number of carbonyl (C=O) groups excluding carboxylic acids is 1. The molecular formula is C12H12O2. The normalized spacial score (nSPS) is 15.4. The number of ether oxygens (including phenoxy) is 1. The van der Waals surface area contributed by atoms with E-state index < -0.39 is 0 Å². The first-order chi connectivity index (χ1) is 6.83. The highest BCUT2D eigenvalue weighted by molar-refractivity contribution is 6.15. The van der Waals surface area contributed by atoms with Gasteiger partial charge in [0.2, 0.25) is 5.78 Å². The van der Waals surface area contributed by atoms with Crippen LogP contribution < -0.4 is 0 Å². The van der Waals surface area contributed by atoms with Crippen molar-refractivity contribution < 1.29 is 9.53 Å². The minimum atomic E-state index is 0.116. The Kier molecular flexibility index (Phi) is 2.35. The van der Waals surface area contributed by atoms with E-state index in [2.05, 4.69) is 0 Å². The summed E-state index contributed by atoms with van der Waals surface area (Å²) in [4.78, 5) is 11.2. The van der Waals surface area contributed by atoms with Gasteiger partial charge in [0.05, 0.1) is 6.61 Å². The second kappa shape index (κ2) is 3.66. The smallest absolute Gasteiger partial charge is 0.202 e. The maximum atomic E-state index is 11.2. The Hall–Kier alpha value is -1.57. The van der Waals surface area contributed by atoms with Crippen LogP contribution in [-0.2, 0) is 9.53 Å². The highest BCUT2D eigenvalue weighted by atomic mass is 16.5. The SMILES string of the molecule is CCOC1=C(c2ccccc2)CC1=O. The molecule has 1 aliphatic carbocycles. The molecule has 14 heavy (non-hydrogen) atoms. The Morgan fingerprint density at radius 3 is 2.57 bits per heavy atom. The zero-order chi connectivity index (χ0) is 9.97. The Balaban J connectivity index is 2.31. The van der Waals surface area contributed by atoms with Crippen LogP contribution in [-0.4, -0.2) is 12.4 Å². The van der Waals surface area contributed by atoms with Gasteiger partial charge in [-0.3, -0.25) is 4.79 Å². The molecule has 0 aromatic heterocycles. The maximum Gasteiger partial charge on any atom is 0.202 e. The molecule has 0 saturated heterocycles. The van der Waals surface area contributed by atoms with Crippen molar-refractivity contribution in [3.63, 3.8) is 0 Å². The fourth-order valence-corrected chi connectivity index (χ4v) is 1.57. The van der Waals surface area contributed by atoms with Crippen molar-refractivity contribution in [3.8, 4) is 0 Å². The quantitative estimate of drug-likeness (QED) is 0.728. The molecule has 2 rings (SSSR count). The molecule has 1 aromatic carbocycles. The van der Waals surface area contributed by atoms with Crippen molar-refractivity contribution in [3.05, 3.63) is 41.7 Å².